The molecule has 0 unspecified atom stereocenters. The predicted octanol–water partition coefficient (Wildman–Crippen LogP) is 5.50. The van der Waals surface area contributed by atoms with E-state index in [1.165, 1.54) is 16.7 Å². The lowest BCUT2D eigenvalue weighted by atomic mass is 9.98. The van der Waals surface area contributed by atoms with Gasteiger partial charge < -0.3 is 9.47 Å². The number of hydrogen-bond donors (Lipinski definition) is 0. The van der Waals surface area contributed by atoms with Gasteiger partial charge in [0.05, 0.1) is 6.61 Å². The molecule has 0 aliphatic carbocycles. The summed E-state index contributed by atoms with van der Waals surface area (Å²) in [7, 11) is 0. The molecule has 0 aliphatic heterocycles. The fourth-order valence-corrected chi connectivity index (χ4v) is 2.75. The van der Waals surface area contributed by atoms with Crippen molar-refractivity contribution in [2.75, 3.05) is 6.61 Å². The molecule has 3 heteroatoms. The minimum Gasteiger partial charge on any atom is -0.494 e. The quantitative estimate of drug-likeness (QED) is 0.379. The maximum Gasteiger partial charge on any atom is 0.311 e. The van der Waals surface area contributed by atoms with Gasteiger partial charge in [-0.3, -0.25) is 4.79 Å². The van der Waals surface area contributed by atoms with Gasteiger partial charge in [0.25, 0.3) is 0 Å². The fourth-order valence-electron chi connectivity index (χ4n) is 2.75. The second kappa shape index (κ2) is 8.70. The van der Waals surface area contributed by atoms with Crippen molar-refractivity contribution in [3.8, 4) is 11.5 Å². The second-order valence-corrected chi connectivity index (χ2v) is 6.85. The van der Waals surface area contributed by atoms with E-state index in [-0.39, 0.29) is 5.97 Å². The molecule has 0 amide bonds. The molecule has 0 fully saturated rings. The zero-order valence-corrected chi connectivity index (χ0v) is 15.9. The second-order valence-electron chi connectivity index (χ2n) is 6.85. The van der Waals surface area contributed by atoms with Crippen LogP contribution in [-0.2, 0) is 4.79 Å². The Balaban J connectivity index is 1.76. The number of rotatable bonds is 7. The average molecular weight is 340 g/mol. The van der Waals surface area contributed by atoms with Crippen LogP contribution in [-0.4, -0.2) is 12.6 Å². The molecule has 0 atom stereocenters. The number of aryl methyl sites for hydroxylation is 3. The van der Waals surface area contributed by atoms with E-state index in [0.717, 1.165) is 11.3 Å². The lowest BCUT2D eigenvalue weighted by Gasteiger charge is -2.12. The van der Waals surface area contributed by atoms with Gasteiger partial charge in [-0.05, 0) is 79.6 Å². The first-order valence-corrected chi connectivity index (χ1v) is 8.88. The van der Waals surface area contributed by atoms with E-state index in [9.17, 15) is 4.79 Å². The average Bonchev–Trinajstić information content (AvgIpc) is 2.55. The molecule has 0 aliphatic rings. The van der Waals surface area contributed by atoms with Crippen LogP contribution in [0.25, 0.3) is 0 Å². The van der Waals surface area contributed by atoms with Crippen molar-refractivity contribution >= 4 is 5.97 Å². The summed E-state index contributed by atoms with van der Waals surface area (Å²) in [4.78, 5) is 11.9. The Kier molecular flexibility index (Phi) is 6.63. The summed E-state index contributed by atoms with van der Waals surface area (Å²) in [6.45, 7) is 11.0. The van der Waals surface area contributed by atoms with E-state index < -0.39 is 0 Å². The molecule has 2 aromatic rings. The van der Waals surface area contributed by atoms with Crippen molar-refractivity contribution in [2.45, 2.75) is 53.4 Å². The van der Waals surface area contributed by atoms with Crippen LogP contribution in [0.5, 0.6) is 11.5 Å². The highest BCUT2D eigenvalue weighted by atomic mass is 16.5. The number of ether oxygens (including phenoxy) is 2. The highest BCUT2D eigenvalue weighted by Crippen LogP contribution is 2.23. The maximum absolute atomic E-state index is 11.9. The molecule has 134 valence electrons. The summed E-state index contributed by atoms with van der Waals surface area (Å²) >= 11 is 0. The molecule has 3 nitrogen and oxygen atoms in total. The molecule has 2 rings (SSSR count). The van der Waals surface area contributed by atoms with Crippen molar-refractivity contribution in [3.63, 3.8) is 0 Å². The largest absolute Gasteiger partial charge is 0.494 e. The van der Waals surface area contributed by atoms with Gasteiger partial charge in [-0.1, -0.05) is 26.0 Å². The summed E-state index contributed by atoms with van der Waals surface area (Å²) in [5.74, 6) is 1.74. The Labute approximate surface area is 151 Å². The highest BCUT2D eigenvalue weighted by molar-refractivity contribution is 5.72. The van der Waals surface area contributed by atoms with E-state index in [4.69, 9.17) is 9.47 Å². The van der Waals surface area contributed by atoms with Crippen molar-refractivity contribution in [2.24, 2.45) is 0 Å². The molecule has 0 aromatic heterocycles. The third-order valence-corrected chi connectivity index (χ3v) is 4.37. The first-order chi connectivity index (χ1) is 11.9. The lowest BCUT2D eigenvalue weighted by molar-refractivity contribution is -0.134. The van der Waals surface area contributed by atoms with E-state index in [0.29, 0.717) is 31.1 Å². The molecule has 25 heavy (non-hydrogen) atoms. The Bertz CT molecular complexity index is 732. The van der Waals surface area contributed by atoms with Crippen molar-refractivity contribution < 1.29 is 14.3 Å². The van der Waals surface area contributed by atoms with Gasteiger partial charge >= 0.3 is 5.97 Å². The maximum atomic E-state index is 11.9. The monoisotopic (exact) mass is 340 g/mol. The van der Waals surface area contributed by atoms with Crippen LogP contribution in [0.3, 0.4) is 0 Å². The van der Waals surface area contributed by atoms with E-state index in [2.05, 4.69) is 32.9 Å². The van der Waals surface area contributed by atoms with Crippen LogP contribution in [0.15, 0.2) is 36.4 Å². The lowest BCUT2D eigenvalue weighted by Crippen LogP contribution is -2.10. The van der Waals surface area contributed by atoms with E-state index in [1.807, 2.05) is 38.1 Å². The third kappa shape index (κ3) is 5.63. The minimum absolute atomic E-state index is 0.224. The van der Waals surface area contributed by atoms with E-state index in [1.54, 1.807) is 0 Å². The first-order valence-electron chi connectivity index (χ1n) is 8.88. The predicted molar refractivity (Wildman–Crippen MR) is 102 cm³/mol. The standard InChI is InChI=1S/C22H28O3/c1-15(2)21-11-10-19(14-18(21)5)24-12-6-7-22(23)25-20-9-8-16(3)17(4)13-20/h8-11,13-15H,6-7,12H2,1-5H3. The summed E-state index contributed by atoms with van der Waals surface area (Å²) in [6, 6.07) is 11.9. The van der Waals surface area contributed by atoms with Gasteiger partial charge in [-0.15, -0.1) is 0 Å². The molecule has 0 heterocycles. The number of benzene rings is 2. The zero-order chi connectivity index (χ0) is 18.4. The number of esters is 1. The first kappa shape index (κ1) is 19.0. The summed E-state index contributed by atoms with van der Waals surface area (Å²) in [5, 5.41) is 0. The molecule has 2 aromatic carbocycles. The molecule has 0 saturated carbocycles. The highest BCUT2D eigenvalue weighted by Gasteiger charge is 2.07. The zero-order valence-electron chi connectivity index (χ0n) is 15.9. The SMILES string of the molecule is Cc1ccc(OC(=O)CCCOc2ccc(C(C)C)c(C)c2)cc1C. The molecular formula is C22H28O3. The number of hydrogen-bond acceptors (Lipinski definition) is 3. The molecule has 0 saturated heterocycles. The molecule has 0 bridgehead atoms. The molecule has 0 N–H and O–H groups in total. The van der Waals surface area contributed by atoms with Crippen LogP contribution in [0.4, 0.5) is 0 Å². The van der Waals surface area contributed by atoms with Gasteiger partial charge in [0.2, 0.25) is 0 Å². The Morgan fingerprint density at radius 1 is 0.920 bits per heavy atom. The fraction of sp³-hybridized carbons (Fsp3) is 0.409. The van der Waals surface area contributed by atoms with Crippen LogP contribution in [0.1, 0.15) is 54.9 Å². The Hall–Kier alpha value is -2.29. The van der Waals surface area contributed by atoms with Crippen LogP contribution >= 0.6 is 0 Å². The Morgan fingerprint density at radius 3 is 2.24 bits per heavy atom. The molecular weight excluding hydrogens is 312 g/mol. The van der Waals surface area contributed by atoms with Gasteiger partial charge in [0, 0.05) is 6.42 Å². The normalized spacial score (nSPS) is 10.8. The summed E-state index contributed by atoms with van der Waals surface area (Å²) in [5.41, 5.74) is 4.88. The van der Waals surface area contributed by atoms with Crippen molar-refractivity contribution in [3.05, 3.63) is 58.7 Å². The topological polar surface area (TPSA) is 35.5 Å². The van der Waals surface area contributed by atoms with Crippen molar-refractivity contribution in [1.29, 1.82) is 0 Å². The van der Waals surface area contributed by atoms with Crippen LogP contribution < -0.4 is 9.47 Å². The minimum atomic E-state index is -0.224. The van der Waals surface area contributed by atoms with Gasteiger partial charge in [0.15, 0.2) is 0 Å². The van der Waals surface area contributed by atoms with Gasteiger partial charge in [-0.25, -0.2) is 0 Å². The summed E-state index contributed by atoms with van der Waals surface area (Å²) in [6.07, 6.45) is 0.977. The van der Waals surface area contributed by atoms with E-state index >= 15 is 0 Å². The van der Waals surface area contributed by atoms with Crippen molar-refractivity contribution in [1.82, 2.24) is 0 Å². The van der Waals surface area contributed by atoms with Gasteiger partial charge in [-0.2, -0.15) is 0 Å². The molecule has 0 spiro atoms. The third-order valence-electron chi connectivity index (χ3n) is 4.37. The molecule has 0 radical (unpaired) electrons. The number of carbonyl (C=O) groups excluding carboxylic acids is 1. The Morgan fingerprint density at radius 2 is 1.60 bits per heavy atom. The smallest absolute Gasteiger partial charge is 0.311 e. The van der Waals surface area contributed by atoms with Gasteiger partial charge in [0.1, 0.15) is 11.5 Å². The number of carbonyl (C=O) groups is 1. The summed E-state index contributed by atoms with van der Waals surface area (Å²) < 4.78 is 11.1. The van der Waals surface area contributed by atoms with Crippen LogP contribution in [0.2, 0.25) is 0 Å². The van der Waals surface area contributed by atoms with Crippen LogP contribution in [0, 0.1) is 20.8 Å².